The molecule has 2 N–H and O–H groups in total. The van der Waals surface area contributed by atoms with Crippen molar-refractivity contribution in [1.82, 2.24) is 5.32 Å². The van der Waals surface area contributed by atoms with E-state index in [1.807, 2.05) is 0 Å². The highest BCUT2D eigenvalue weighted by Crippen LogP contribution is 2.16. The first-order valence-electron chi connectivity index (χ1n) is 8.71. The monoisotopic (exact) mass is 396 g/mol. The van der Waals surface area contributed by atoms with Gasteiger partial charge in [0.1, 0.15) is 5.82 Å². The highest BCUT2D eigenvalue weighted by atomic mass is 35.5. The Balaban J connectivity index is 1.59. The summed E-state index contributed by atoms with van der Waals surface area (Å²) in [5.41, 5.74) is 2.26. The number of benzene rings is 3. The predicted octanol–water partition coefficient (Wildman–Crippen LogP) is 4.70. The Bertz CT molecular complexity index is 990. The summed E-state index contributed by atoms with van der Waals surface area (Å²) < 4.78 is 12.9. The van der Waals surface area contributed by atoms with Crippen molar-refractivity contribution < 1.29 is 14.0 Å². The zero-order valence-corrected chi connectivity index (χ0v) is 15.7. The number of amides is 2. The number of hydrogen-bond donors (Lipinski definition) is 2. The number of hydrogen-bond acceptors (Lipinski definition) is 2. The van der Waals surface area contributed by atoms with Crippen molar-refractivity contribution in [3.63, 3.8) is 0 Å². The van der Waals surface area contributed by atoms with E-state index in [2.05, 4.69) is 10.6 Å². The maximum Gasteiger partial charge on any atom is 0.255 e. The molecule has 2 amide bonds. The van der Waals surface area contributed by atoms with E-state index in [-0.39, 0.29) is 17.6 Å². The smallest absolute Gasteiger partial charge is 0.255 e. The van der Waals surface area contributed by atoms with Gasteiger partial charge in [0.2, 0.25) is 0 Å². The van der Waals surface area contributed by atoms with Crippen LogP contribution in [0.25, 0.3) is 0 Å². The lowest BCUT2D eigenvalue weighted by Gasteiger charge is -2.08. The van der Waals surface area contributed by atoms with Crippen molar-refractivity contribution >= 4 is 29.1 Å². The quantitative estimate of drug-likeness (QED) is 0.634. The van der Waals surface area contributed by atoms with Gasteiger partial charge in [-0.25, -0.2) is 4.39 Å². The molecule has 0 spiro atoms. The molecule has 6 heteroatoms. The third kappa shape index (κ3) is 5.41. The van der Waals surface area contributed by atoms with E-state index in [4.69, 9.17) is 11.6 Å². The van der Waals surface area contributed by atoms with Crippen LogP contribution in [0.5, 0.6) is 0 Å². The van der Waals surface area contributed by atoms with Crippen LogP contribution < -0.4 is 10.6 Å². The van der Waals surface area contributed by atoms with E-state index in [0.29, 0.717) is 34.8 Å². The van der Waals surface area contributed by atoms with E-state index >= 15 is 0 Å². The van der Waals surface area contributed by atoms with E-state index < -0.39 is 0 Å². The van der Waals surface area contributed by atoms with Crippen LogP contribution in [0.15, 0.2) is 72.8 Å². The summed E-state index contributed by atoms with van der Waals surface area (Å²) in [7, 11) is 0. The molecule has 3 aromatic carbocycles. The third-order valence-electron chi connectivity index (χ3n) is 4.08. The number of nitrogens with one attached hydrogen (secondary N) is 2. The molecule has 0 saturated carbocycles. The zero-order valence-electron chi connectivity index (χ0n) is 14.9. The molecular formula is C22H18ClFN2O2. The van der Waals surface area contributed by atoms with Crippen molar-refractivity contribution in [3.05, 3.63) is 100 Å². The number of carbonyl (C=O) groups is 2. The lowest BCUT2D eigenvalue weighted by molar-refractivity contribution is 0.0954. The molecule has 0 saturated heterocycles. The molecule has 4 nitrogen and oxygen atoms in total. The fourth-order valence-electron chi connectivity index (χ4n) is 2.64. The van der Waals surface area contributed by atoms with Crippen LogP contribution in [0.3, 0.4) is 0 Å². The Labute approximate surface area is 167 Å². The molecule has 3 rings (SSSR count). The van der Waals surface area contributed by atoms with E-state index in [1.165, 1.54) is 18.2 Å². The van der Waals surface area contributed by atoms with Gasteiger partial charge in [-0.1, -0.05) is 35.9 Å². The summed E-state index contributed by atoms with van der Waals surface area (Å²) in [6.07, 6.45) is 0.584. The Hall–Kier alpha value is -3.18. The molecule has 28 heavy (non-hydrogen) atoms. The van der Waals surface area contributed by atoms with Crippen molar-refractivity contribution in [2.45, 2.75) is 6.42 Å². The maximum atomic E-state index is 12.9. The molecule has 0 radical (unpaired) electrons. The number of rotatable bonds is 6. The Morgan fingerprint density at radius 1 is 0.857 bits per heavy atom. The van der Waals surface area contributed by atoms with Gasteiger partial charge in [0.25, 0.3) is 11.8 Å². The lowest BCUT2D eigenvalue weighted by atomic mass is 10.1. The average Bonchev–Trinajstić information content (AvgIpc) is 2.69. The van der Waals surface area contributed by atoms with Gasteiger partial charge in [0, 0.05) is 28.4 Å². The molecular weight excluding hydrogens is 379 g/mol. The number of carbonyl (C=O) groups excluding carboxylic acids is 2. The van der Waals surface area contributed by atoms with Crippen LogP contribution in [-0.4, -0.2) is 18.4 Å². The molecule has 0 aliphatic rings. The van der Waals surface area contributed by atoms with Gasteiger partial charge in [-0.05, 0) is 60.5 Å². The predicted molar refractivity (Wildman–Crippen MR) is 108 cm³/mol. The molecule has 0 atom stereocenters. The summed E-state index contributed by atoms with van der Waals surface area (Å²) in [5.74, 6) is -0.900. The van der Waals surface area contributed by atoms with Crippen LogP contribution in [0, 0.1) is 5.82 Å². The SMILES string of the molecule is O=C(NCCc1ccc(F)cc1)c1cccc(C(=O)Nc2cccc(Cl)c2)c1. The molecule has 3 aromatic rings. The second-order valence-electron chi connectivity index (χ2n) is 6.18. The third-order valence-corrected chi connectivity index (χ3v) is 4.32. The second-order valence-corrected chi connectivity index (χ2v) is 6.61. The fourth-order valence-corrected chi connectivity index (χ4v) is 2.83. The first kappa shape index (κ1) is 19.6. The van der Waals surface area contributed by atoms with Gasteiger partial charge in [0.05, 0.1) is 0 Å². The van der Waals surface area contributed by atoms with E-state index in [0.717, 1.165) is 5.56 Å². The van der Waals surface area contributed by atoms with E-state index in [1.54, 1.807) is 54.6 Å². The molecule has 0 heterocycles. The molecule has 0 bridgehead atoms. The standard InChI is InChI=1S/C22H18ClFN2O2/c23-18-5-2-6-20(14-18)26-22(28)17-4-1-3-16(13-17)21(27)25-12-11-15-7-9-19(24)10-8-15/h1-10,13-14H,11-12H2,(H,25,27)(H,26,28). The van der Waals surface area contributed by atoms with Gasteiger partial charge < -0.3 is 10.6 Å². The first-order chi connectivity index (χ1) is 13.5. The van der Waals surface area contributed by atoms with Crippen molar-refractivity contribution in [2.75, 3.05) is 11.9 Å². The largest absolute Gasteiger partial charge is 0.352 e. The molecule has 0 fully saturated rings. The lowest BCUT2D eigenvalue weighted by Crippen LogP contribution is -2.26. The summed E-state index contributed by atoms with van der Waals surface area (Å²) in [4.78, 5) is 24.8. The fraction of sp³-hybridized carbons (Fsp3) is 0.0909. The van der Waals surface area contributed by atoms with Gasteiger partial charge in [0.15, 0.2) is 0 Å². The molecule has 142 valence electrons. The maximum absolute atomic E-state index is 12.9. The highest BCUT2D eigenvalue weighted by molar-refractivity contribution is 6.31. The van der Waals surface area contributed by atoms with E-state index in [9.17, 15) is 14.0 Å². The van der Waals surface area contributed by atoms with Crippen LogP contribution in [0.4, 0.5) is 10.1 Å². The summed E-state index contributed by atoms with van der Waals surface area (Å²) in [5, 5.41) is 6.07. The minimum absolute atomic E-state index is 0.278. The van der Waals surface area contributed by atoms with Gasteiger partial charge in [-0.2, -0.15) is 0 Å². The average molecular weight is 397 g/mol. The second kappa shape index (κ2) is 9.15. The Morgan fingerprint density at radius 3 is 2.25 bits per heavy atom. The summed E-state index contributed by atoms with van der Waals surface area (Å²) in [6, 6.07) is 19.4. The number of anilines is 1. The zero-order chi connectivity index (χ0) is 19.9. The van der Waals surface area contributed by atoms with Crippen molar-refractivity contribution in [3.8, 4) is 0 Å². The van der Waals surface area contributed by atoms with Crippen molar-refractivity contribution in [2.24, 2.45) is 0 Å². The molecule has 0 aromatic heterocycles. The molecule has 0 unspecified atom stereocenters. The van der Waals surface area contributed by atoms with Crippen molar-refractivity contribution in [1.29, 1.82) is 0 Å². The minimum Gasteiger partial charge on any atom is -0.352 e. The molecule has 0 aliphatic heterocycles. The first-order valence-corrected chi connectivity index (χ1v) is 9.09. The normalized spacial score (nSPS) is 10.4. The summed E-state index contributed by atoms with van der Waals surface area (Å²) >= 11 is 5.92. The van der Waals surface area contributed by atoms with Gasteiger partial charge in [-0.15, -0.1) is 0 Å². The van der Waals surface area contributed by atoms with Crippen LogP contribution >= 0.6 is 11.6 Å². The Kier molecular flexibility index (Phi) is 6.40. The highest BCUT2D eigenvalue weighted by Gasteiger charge is 2.11. The minimum atomic E-state index is -0.330. The van der Waals surface area contributed by atoms with Gasteiger partial charge >= 0.3 is 0 Å². The van der Waals surface area contributed by atoms with Gasteiger partial charge in [-0.3, -0.25) is 9.59 Å². The molecule has 0 aliphatic carbocycles. The van der Waals surface area contributed by atoms with Crippen LogP contribution in [0.1, 0.15) is 26.3 Å². The van der Waals surface area contributed by atoms with Crippen LogP contribution in [0.2, 0.25) is 5.02 Å². The Morgan fingerprint density at radius 2 is 1.54 bits per heavy atom. The van der Waals surface area contributed by atoms with Crippen LogP contribution in [-0.2, 0) is 6.42 Å². The summed E-state index contributed by atoms with van der Waals surface area (Å²) in [6.45, 7) is 0.406. The topological polar surface area (TPSA) is 58.2 Å². The number of halogens is 2.